The summed E-state index contributed by atoms with van der Waals surface area (Å²) in [5.41, 5.74) is -0.101. The van der Waals surface area contributed by atoms with Gasteiger partial charge in [-0.05, 0) is 12.9 Å². The van der Waals surface area contributed by atoms with Crippen LogP contribution in [0.5, 0.6) is 0 Å². The quantitative estimate of drug-likeness (QED) is 0.391. The van der Waals surface area contributed by atoms with Gasteiger partial charge in [-0.25, -0.2) is 4.79 Å². The number of nitrogens with one attached hydrogen (secondary N) is 1. The molecule has 0 aliphatic rings. The van der Waals surface area contributed by atoms with Gasteiger partial charge < -0.3 is 15.4 Å². The molecule has 0 heterocycles. The van der Waals surface area contributed by atoms with Crippen molar-refractivity contribution in [1.82, 2.24) is 5.23 Å². The lowest BCUT2D eigenvalue weighted by atomic mass is 9.88. The van der Waals surface area contributed by atoms with Gasteiger partial charge in [0.1, 0.15) is 0 Å². The van der Waals surface area contributed by atoms with Crippen LogP contribution in [0.3, 0.4) is 0 Å². The maximum Gasteiger partial charge on any atom is 0.373 e. The summed E-state index contributed by atoms with van der Waals surface area (Å²) in [5.74, 6) is -1.22. The fourth-order valence-corrected chi connectivity index (χ4v) is 1.27. The van der Waals surface area contributed by atoms with Crippen LogP contribution in [0.2, 0.25) is 6.82 Å². The van der Waals surface area contributed by atoms with Crippen molar-refractivity contribution in [2.45, 2.75) is 13.4 Å². The third-order valence-electron chi connectivity index (χ3n) is 2.12. The van der Waals surface area contributed by atoms with Crippen LogP contribution in [0.25, 0.3) is 0 Å². The highest BCUT2D eigenvalue weighted by Crippen LogP contribution is 2.20. The zero-order valence-corrected chi connectivity index (χ0v) is 9.08. The van der Waals surface area contributed by atoms with Gasteiger partial charge in [0.2, 0.25) is 0 Å². The first-order valence-corrected chi connectivity index (χ1v) is 4.84. The van der Waals surface area contributed by atoms with Crippen molar-refractivity contribution in [3.8, 4) is 0 Å². The first-order valence-electron chi connectivity index (χ1n) is 4.84. The minimum atomic E-state index is -1.22. The second-order valence-corrected chi connectivity index (χ2v) is 3.46. The molecule has 0 spiro atoms. The lowest BCUT2D eigenvalue weighted by Gasteiger charge is -2.06. The highest BCUT2D eigenvalue weighted by molar-refractivity contribution is 6.45. The van der Waals surface area contributed by atoms with Crippen LogP contribution in [-0.2, 0) is 6.54 Å². The number of hydrogen-bond donors (Lipinski definition) is 3. The molecular formula is C9H11BN2O5. The summed E-state index contributed by atoms with van der Waals surface area (Å²) >= 11 is 0. The van der Waals surface area contributed by atoms with Gasteiger partial charge in [0.25, 0.3) is 5.69 Å². The van der Waals surface area contributed by atoms with E-state index in [4.69, 9.17) is 10.1 Å². The van der Waals surface area contributed by atoms with E-state index >= 15 is 0 Å². The molecule has 1 rings (SSSR count). The minimum Gasteiger partial charge on any atom is -0.478 e. The fraction of sp³-hybridized carbons (Fsp3) is 0.222. The Bertz CT molecular complexity index is 449. The van der Waals surface area contributed by atoms with Crippen molar-refractivity contribution in [3.05, 3.63) is 39.4 Å². The Morgan fingerprint density at radius 3 is 2.71 bits per heavy atom. The maximum absolute atomic E-state index is 10.8. The Morgan fingerprint density at radius 2 is 2.24 bits per heavy atom. The van der Waals surface area contributed by atoms with Crippen LogP contribution in [0.1, 0.15) is 15.9 Å². The molecule has 1 aromatic rings. The summed E-state index contributed by atoms with van der Waals surface area (Å²) in [7, 11) is -0.797. The van der Waals surface area contributed by atoms with Crippen LogP contribution in [0, 0.1) is 10.1 Å². The number of hydrogen-bond acceptors (Lipinski definition) is 5. The zero-order chi connectivity index (χ0) is 13.0. The van der Waals surface area contributed by atoms with Gasteiger partial charge in [-0.1, -0.05) is 6.07 Å². The van der Waals surface area contributed by atoms with E-state index in [1.54, 1.807) is 0 Å². The third kappa shape index (κ3) is 3.54. The molecule has 0 fully saturated rings. The molecular weight excluding hydrogens is 227 g/mol. The standard InChI is InChI=1S/C9H11BN2O5/c1-10(15)11-5-7-3-2-6(9(13)14)4-8(7)12(16)17/h2-4,11,15H,5H2,1H3,(H,13,14). The van der Waals surface area contributed by atoms with Crippen LogP contribution in [0.4, 0.5) is 5.69 Å². The molecule has 0 atom stereocenters. The number of carboxylic acids is 1. The highest BCUT2D eigenvalue weighted by Gasteiger charge is 2.17. The number of nitrogens with zero attached hydrogens (tertiary/aromatic N) is 1. The molecule has 0 bridgehead atoms. The van der Waals surface area contributed by atoms with Crippen LogP contribution in [0.15, 0.2) is 18.2 Å². The summed E-state index contributed by atoms with van der Waals surface area (Å²) in [5, 5.41) is 31.1. The Labute approximate surface area is 97.4 Å². The molecule has 17 heavy (non-hydrogen) atoms. The third-order valence-corrected chi connectivity index (χ3v) is 2.12. The van der Waals surface area contributed by atoms with Crippen molar-refractivity contribution in [1.29, 1.82) is 0 Å². The molecule has 0 radical (unpaired) electrons. The molecule has 0 aromatic heterocycles. The predicted octanol–water partition coefficient (Wildman–Crippen LogP) is 0.493. The number of carboxylic acid groups (broad SMARTS) is 1. The molecule has 8 heteroatoms. The highest BCUT2D eigenvalue weighted by atomic mass is 16.6. The van der Waals surface area contributed by atoms with Crippen molar-refractivity contribution in [3.63, 3.8) is 0 Å². The largest absolute Gasteiger partial charge is 0.478 e. The molecule has 1 aromatic carbocycles. The Balaban J connectivity index is 3.04. The minimum absolute atomic E-state index is 0.0911. The molecule has 0 aliphatic carbocycles. The second-order valence-electron chi connectivity index (χ2n) is 3.46. The molecule has 0 unspecified atom stereocenters. The summed E-state index contributed by atoms with van der Waals surface area (Å²) in [6, 6.07) is 3.65. The molecule has 0 saturated heterocycles. The normalized spacial score (nSPS) is 10.0. The van der Waals surface area contributed by atoms with E-state index in [1.807, 2.05) is 0 Å². The van der Waals surface area contributed by atoms with E-state index in [-0.39, 0.29) is 17.8 Å². The van der Waals surface area contributed by atoms with Gasteiger partial charge in [-0.3, -0.25) is 10.1 Å². The summed E-state index contributed by atoms with van der Waals surface area (Å²) in [6.45, 7) is 1.57. The van der Waals surface area contributed by atoms with Crippen molar-refractivity contribution in [2.75, 3.05) is 0 Å². The van der Waals surface area contributed by atoms with Crippen molar-refractivity contribution in [2.24, 2.45) is 0 Å². The fourth-order valence-electron chi connectivity index (χ4n) is 1.27. The summed E-state index contributed by atoms with van der Waals surface area (Å²) < 4.78 is 0. The van der Waals surface area contributed by atoms with E-state index in [0.29, 0.717) is 5.56 Å². The van der Waals surface area contributed by atoms with E-state index in [1.165, 1.54) is 19.0 Å². The number of carbonyl (C=O) groups is 1. The lowest BCUT2D eigenvalue weighted by molar-refractivity contribution is -0.385. The number of aromatic carboxylic acids is 1. The average Bonchev–Trinajstić information content (AvgIpc) is 2.25. The lowest BCUT2D eigenvalue weighted by Crippen LogP contribution is -2.30. The molecule has 0 amide bonds. The van der Waals surface area contributed by atoms with Gasteiger partial charge in [0.05, 0.1) is 10.5 Å². The van der Waals surface area contributed by atoms with Gasteiger partial charge >= 0.3 is 13.0 Å². The van der Waals surface area contributed by atoms with Crippen LogP contribution >= 0.6 is 0 Å². The topological polar surface area (TPSA) is 113 Å². The van der Waals surface area contributed by atoms with Gasteiger partial charge in [-0.2, -0.15) is 0 Å². The van der Waals surface area contributed by atoms with E-state index < -0.39 is 17.9 Å². The van der Waals surface area contributed by atoms with Crippen molar-refractivity contribution >= 4 is 18.7 Å². The summed E-state index contributed by atoms with van der Waals surface area (Å²) in [4.78, 5) is 20.8. The molecule has 7 nitrogen and oxygen atoms in total. The van der Waals surface area contributed by atoms with Gasteiger partial charge in [0, 0.05) is 18.2 Å². The van der Waals surface area contributed by atoms with Crippen LogP contribution < -0.4 is 5.23 Å². The van der Waals surface area contributed by atoms with E-state index in [0.717, 1.165) is 6.07 Å². The number of benzene rings is 1. The second kappa shape index (κ2) is 5.42. The Morgan fingerprint density at radius 1 is 1.59 bits per heavy atom. The first kappa shape index (κ1) is 13.1. The average molecular weight is 238 g/mol. The predicted molar refractivity (Wildman–Crippen MR) is 60.7 cm³/mol. The maximum atomic E-state index is 10.8. The van der Waals surface area contributed by atoms with E-state index in [9.17, 15) is 14.9 Å². The molecule has 3 N–H and O–H groups in total. The zero-order valence-electron chi connectivity index (χ0n) is 9.08. The molecule has 90 valence electrons. The number of nitro benzene ring substituents is 1. The monoisotopic (exact) mass is 238 g/mol. The van der Waals surface area contributed by atoms with Gasteiger partial charge in [0.15, 0.2) is 0 Å². The van der Waals surface area contributed by atoms with Crippen molar-refractivity contribution < 1.29 is 19.8 Å². The number of rotatable bonds is 5. The van der Waals surface area contributed by atoms with Crippen LogP contribution in [-0.4, -0.2) is 28.1 Å². The Hall–Kier alpha value is -1.93. The smallest absolute Gasteiger partial charge is 0.373 e. The number of nitro groups is 1. The first-order chi connectivity index (χ1) is 7.91. The Kier molecular flexibility index (Phi) is 4.19. The summed E-state index contributed by atoms with van der Waals surface area (Å²) in [6.07, 6.45) is 0. The van der Waals surface area contributed by atoms with E-state index in [2.05, 4.69) is 5.23 Å². The van der Waals surface area contributed by atoms with Gasteiger partial charge in [-0.15, -0.1) is 0 Å². The molecule has 0 saturated carbocycles. The molecule has 0 aliphatic heterocycles. The SMILES string of the molecule is CB(O)NCc1ccc(C(=O)O)cc1[N+](=O)[O-].